The summed E-state index contributed by atoms with van der Waals surface area (Å²) in [6, 6.07) is 1.78. The van der Waals surface area contributed by atoms with Gasteiger partial charge in [-0.3, -0.25) is 4.99 Å². The minimum Gasteiger partial charge on any atom is -0.468 e. The third-order valence-corrected chi connectivity index (χ3v) is 3.01. The zero-order chi connectivity index (χ0) is 15.5. The number of hydrogen-bond acceptors (Lipinski definition) is 4. The van der Waals surface area contributed by atoms with E-state index in [1.807, 2.05) is 17.9 Å². The maximum Gasteiger partial charge on any atom is 0.422 e. The predicted molar refractivity (Wildman–Crippen MR) is 73.2 cm³/mol. The molecule has 0 radical (unpaired) electrons. The minimum absolute atomic E-state index is 0.0139. The highest BCUT2D eigenvalue weighted by molar-refractivity contribution is 5.72. The zero-order valence-corrected chi connectivity index (χ0v) is 11.8. The molecule has 1 aliphatic heterocycles. The smallest absolute Gasteiger partial charge is 0.422 e. The lowest BCUT2D eigenvalue weighted by atomic mass is 10.2. The third kappa shape index (κ3) is 4.47. The summed E-state index contributed by atoms with van der Waals surface area (Å²) in [4.78, 5) is 10.2. The molecule has 7 heteroatoms. The molecule has 0 saturated heterocycles. The van der Waals surface area contributed by atoms with E-state index in [4.69, 9.17) is 0 Å². The molecule has 1 aliphatic rings. The van der Waals surface area contributed by atoms with Gasteiger partial charge in [0.15, 0.2) is 6.61 Å². The number of pyridine rings is 1. The van der Waals surface area contributed by atoms with E-state index in [1.165, 1.54) is 6.20 Å². The molecule has 114 valence electrons. The molecular formula is C14H16F3N3O. The average Bonchev–Trinajstić information content (AvgIpc) is 2.39. The van der Waals surface area contributed by atoms with E-state index in [-0.39, 0.29) is 5.88 Å². The van der Waals surface area contributed by atoms with Crippen LogP contribution in [0.1, 0.15) is 18.1 Å². The maximum absolute atomic E-state index is 12.1. The van der Waals surface area contributed by atoms with Crippen LogP contribution in [0.25, 0.3) is 0 Å². The van der Waals surface area contributed by atoms with E-state index in [9.17, 15) is 13.2 Å². The molecule has 21 heavy (non-hydrogen) atoms. The second kappa shape index (κ2) is 6.15. The van der Waals surface area contributed by atoms with E-state index in [0.29, 0.717) is 18.8 Å². The Balaban J connectivity index is 2.02. The molecule has 2 rings (SSSR count). The van der Waals surface area contributed by atoms with Crippen LogP contribution in [-0.4, -0.2) is 35.6 Å². The fourth-order valence-electron chi connectivity index (χ4n) is 1.93. The highest BCUT2D eigenvalue weighted by Crippen LogP contribution is 2.21. The number of rotatable bonds is 4. The van der Waals surface area contributed by atoms with Crippen molar-refractivity contribution in [2.24, 2.45) is 4.99 Å². The first-order chi connectivity index (χ1) is 9.85. The lowest BCUT2D eigenvalue weighted by Gasteiger charge is -2.25. The highest BCUT2D eigenvalue weighted by atomic mass is 19.4. The van der Waals surface area contributed by atoms with Gasteiger partial charge in [0.25, 0.3) is 0 Å². The molecule has 0 aromatic carbocycles. The van der Waals surface area contributed by atoms with Gasteiger partial charge in [-0.05, 0) is 31.6 Å². The van der Waals surface area contributed by atoms with Crippen LogP contribution in [0.15, 0.2) is 29.0 Å². The number of halogens is 3. The second-order valence-corrected chi connectivity index (χ2v) is 4.85. The fourth-order valence-corrected chi connectivity index (χ4v) is 1.93. The Hall–Kier alpha value is -2.05. The van der Waals surface area contributed by atoms with Gasteiger partial charge in [0.1, 0.15) is 6.67 Å². The van der Waals surface area contributed by atoms with Crippen LogP contribution >= 0.6 is 0 Å². The maximum atomic E-state index is 12.1. The Morgan fingerprint density at radius 2 is 2.10 bits per heavy atom. The molecule has 0 amide bonds. The number of ether oxygens (including phenoxy) is 1. The first-order valence-corrected chi connectivity index (χ1v) is 6.42. The lowest BCUT2D eigenvalue weighted by Crippen LogP contribution is -2.24. The van der Waals surface area contributed by atoms with E-state index in [1.54, 1.807) is 19.2 Å². The summed E-state index contributed by atoms with van der Waals surface area (Å²) in [6.07, 6.45) is 0.832. The van der Waals surface area contributed by atoms with E-state index in [0.717, 1.165) is 11.3 Å². The van der Waals surface area contributed by atoms with E-state index < -0.39 is 12.8 Å². The Kier molecular flexibility index (Phi) is 4.50. The van der Waals surface area contributed by atoms with Gasteiger partial charge in [0, 0.05) is 30.2 Å². The molecular weight excluding hydrogens is 283 g/mol. The molecule has 1 aromatic rings. The number of nitrogens with zero attached hydrogens (tertiary/aromatic N) is 3. The summed E-state index contributed by atoms with van der Waals surface area (Å²) < 4.78 is 41.1. The average molecular weight is 299 g/mol. The van der Waals surface area contributed by atoms with Crippen LogP contribution in [0.4, 0.5) is 13.2 Å². The minimum atomic E-state index is -4.36. The molecule has 0 saturated carbocycles. The van der Waals surface area contributed by atoms with Crippen molar-refractivity contribution >= 4 is 6.21 Å². The third-order valence-electron chi connectivity index (χ3n) is 3.01. The van der Waals surface area contributed by atoms with Crippen molar-refractivity contribution in [3.63, 3.8) is 0 Å². The van der Waals surface area contributed by atoms with Crippen LogP contribution < -0.4 is 4.74 Å². The van der Waals surface area contributed by atoms with Crippen molar-refractivity contribution in [3.8, 4) is 5.88 Å². The van der Waals surface area contributed by atoms with E-state index in [2.05, 4.69) is 14.7 Å². The van der Waals surface area contributed by atoms with Crippen LogP contribution in [0.2, 0.25) is 0 Å². The number of alkyl halides is 3. The topological polar surface area (TPSA) is 37.7 Å². The zero-order valence-electron chi connectivity index (χ0n) is 11.8. The van der Waals surface area contributed by atoms with Crippen molar-refractivity contribution < 1.29 is 17.9 Å². The SMILES string of the molecule is CC1=CC=NCN1Cc1cnc(OCC(F)(F)F)c(C)c1. The molecule has 0 N–H and O–H groups in total. The molecule has 0 atom stereocenters. The summed E-state index contributed by atoms with van der Waals surface area (Å²) in [5, 5.41) is 0. The number of hydrogen-bond donors (Lipinski definition) is 0. The lowest BCUT2D eigenvalue weighted by molar-refractivity contribution is -0.154. The number of allylic oxidation sites excluding steroid dienone is 2. The number of aliphatic imine (C=N–C) groups is 1. The summed E-state index contributed by atoms with van der Waals surface area (Å²) in [5.74, 6) is 0.0139. The standard InChI is InChI=1S/C14H16F3N3O/c1-10-5-12(7-20-9-18-4-3-11(20)2)6-19-13(10)21-8-14(15,16)17/h3-6H,7-9H2,1-2H3. The normalized spacial score (nSPS) is 15.1. The molecule has 0 aliphatic carbocycles. The first kappa shape index (κ1) is 15.3. The molecule has 0 unspecified atom stereocenters. The summed E-state index contributed by atoms with van der Waals surface area (Å²) >= 11 is 0. The van der Waals surface area contributed by atoms with Gasteiger partial charge in [-0.1, -0.05) is 0 Å². The van der Waals surface area contributed by atoms with Crippen molar-refractivity contribution in [3.05, 3.63) is 35.2 Å². The summed E-state index contributed by atoms with van der Waals surface area (Å²) in [7, 11) is 0. The van der Waals surface area contributed by atoms with Gasteiger partial charge >= 0.3 is 6.18 Å². The van der Waals surface area contributed by atoms with Gasteiger partial charge in [-0.25, -0.2) is 4.98 Å². The van der Waals surface area contributed by atoms with E-state index >= 15 is 0 Å². The predicted octanol–water partition coefficient (Wildman–Crippen LogP) is 3.08. The quantitative estimate of drug-likeness (QED) is 0.857. The largest absolute Gasteiger partial charge is 0.468 e. The first-order valence-electron chi connectivity index (χ1n) is 6.42. The molecule has 4 nitrogen and oxygen atoms in total. The van der Waals surface area contributed by atoms with Crippen molar-refractivity contribution in [2.45, 2.75) is 26.6 Å². The van der Waals surface area contributed by atoms with Gasteiger partial charge in [0.05, 0.1) is 0 Å². The van der Waals surface area contributed by atoms with Crippen LogP contribution in [-0.2, 0) is 6.54 Å². The van der Waals surface area contributed by atoms with Gasteiger partial charge < -0.3 is 9.64 Å². The monoisotopic (exact) mass is 299 g/mol. The molecule has 2 heterocycles. The summed E-state index contributed by atoms with van der Waals surface area (Å²) in [5.41, 5.74) is 2.57. The molecule has 1 aromatic heterocycles. The highest BCUT2D eigenvalue weighted by Gasteiger charge is 2.29. The van der Waals surface area contributed by atoms with Crippen molar-refractivity contribution in [2.75, 3.05) is 13.3 Å². The summed E-state index contributed by atoms with van der Waals surface area (Å²) in [6.45, 7) is 3.50. The van der Waals surface area contributed by atoms with Crippen LogP contribution in [0.3, 0.4) is 0 Å². The van der Waals surface area contributed by atoms with Gasteiger partial charge in [-0.15, -0.1) is 0 Å². The van der Waals surface area contributed by atoms with Crippen molar-refractivity contribution in [1.82, 2.24) is 9.88 Å². The van der Waals surface area contributed by atoms with Gasteiger partial charge in [0.2, 0.25) is 5.88 Å². The Morgan fingerprint density at radius 1 is 1.33 bits per heavy atom. The van der Waals surface area contributed by atoms with Gasteiger partial charge in [-0.2, -0.15) is 13.2 Å². The fraction of sp³-hybridized carbons (Fsp3) is 0.429. The number of aryl methyl sites for hydroxylation is 1. The molecule has 0 fully saturated rings. The van der Waals surface area contributed by atoms with Crippen LogP contribution in [0, 0.1) is 6.92 Å². The molecule has 0 bridgehead atoms. The Bertz CT molecular complexity index is 567. The van der Waals surface area contributed by atoms with Crippen LogP contribution in [0.5, 0.6) is 5.88 Å². The Labute approximate surface area is 121 Å². The number of aromatic nitrogens is 1. The second-order valence-electron chi connectivity index (χ2n) is 4.85. The Morgan fingerprint density at radius 3 is 2.71 bits per heavy atom. The van der Waals surface area contributed by atoms with Crippen molar-refractivity contribution in [1.29, 1.82) is 0 Å². The molecule has 0 spiro atoms.